The first kappa shape index (κ1) is 10.7. The molecule has 0 atom stereocenters. The van der Waals surface area contributed by atoms with Crippen molar-refractivity contribution in [3.8, 4) is 0 Å². The van der Waals surface area contributed by atoms with E-state index < -0.39 is 6.03 Å². The lowest BCUT2D eigenvalue weighted by Gasteiger charge is -2.01. The van der Waals surface area contributed by atoms with Crippen molar-refractivity contribution < 1.29 is 4.79 Å². The average Bonchev–Trinajstić information content (AvgIpc) is 2.84. The second-order valence-electron chi connectivity index (χ2n) is 3.46. The van der Waals surface area contributed by atoms with Gasteiger partial charge >= 0.3 is 6.03 Å². The highest BCUT2D eigenvalue weighted by Crippen LogP contribution is 2.20. The quantitative estimate of drug-likeness (QED) is 0.747. The predicted octanol–water partition coefficient (Wildman–Crippen LogP) is 1.16. The van der Waals surface area contributed by atoms with E-state index in [1.165, 1.54) is 12.4 Å². The summed E-state index contributed by atoms with van der Waals surface area (Å²) in [5.74, 6) is 0.102. The van der Waals surface area contributed by atoms with Crippen LogP contribution in [0.25, 0.3) is 0 Å². The van der Waals surface area contributed by atoms with Crippen LogP contribution in [0, 0.1) is 0 Å². The molecule has 8 heteroatoms. The summed E-state index contributed by atoms with van der Waals surface area (Å²) in [6.07, 6.45) is 2.81. The Hall–Kier alpha value is -1.76. The summed E-state index contributed by atoms with van der Waals surface area (Å²) in [5.41, 5.74) is 0.579. The zero-order valence-corrected chi connectivity index (χ0v) is 9.46. The first-order valence-electron chi connectivity index (χ1n) is 4.63. The topological polar surface area (TPSA) is 78.5 Å². The van der Waals surface area contributed by atoms with Crippen LogP contribution in [-0.2, 0) is 0 Å². The third-order valence-electron chi connectivity index (χ3n) is 1.99. The number of hydrogen-bond acceptors (Lipinski definition) is 5. The van der Waals surface area contributed by atoms with E-state index in [0.717, 1.165) is 9.36 Å². The molecule has 0 spiro atoms. The Morgan fingerprint density at radius 1 is 1.44 bits per heavy atom. The molecule has 2 aromatic heterocycles. The number of carbonyl (C=O) groups is 1. The van der Waals surface area contributed by atoms with Crippen LogP contribution in [0.4, 0.5) is 4.79 Å². The molecule has 0 N–H and O–H groups in total. The predicted molar refractivity (Wildman–Crippen MR) is 55.3 cm³/mol. The number of aromatic nitrogens is 6. The second kappa shape index (κ2) is 4.01. The standard InChI is InChI=1S/C8H9ClN6O/c1-5(2)6-7(9)15(13-11-6)8(16)14-4-3-10-12-14/h3-5H,1-2H3. The van der Waals surface area contributed by atoms with Gasteiger partial charge in [-0.2, -0.15) is 4.68 Å². The number of hydrogen-bond donors (Lipinski definition) is 0. The molecule has 0 saturated heterocycles. The molecule has 16 heavy (non-hydrogen) atoms. The Kier molecular flexibility index (Phi) is 2.69. The molecule has 0 unspecified atom stereocenters. The highest BCUT2D eigenvalue weighted by molar-refractivity contribution is 6.31. The SMILES string of the molecule is CC(C)c1nnn(C(=O)n2ccnn2)c1Cl. The van der Waals surface area contributed by atoms with E-state index in [2.05, 4.69) is 20.6 Å². The van der Waals surface area contributed by atoms with Crippen LogP contribution in [-0.4, -0.2) is 36.0 Å². The van der Waals surface area contributed by atoms with Crippen molar-refractivity contribution >= 4 is 17.6 Å². The van der Waals surface area contributed by atoms with Crippen molar-refractivity contribution in [3.05, 3.63) is 23.2 Å². The molecule has 0 saturated carbocycles. The summed E-state index contributed by atoms with van der Waals surface area (Å²) in [5, 5.41) is 14.8. The van der Waals surface area contributed by atoms with Crippen LogP contribution >= 0.6 is 11.6 Å². The molecule has 0 radical (unpaired) electrons. The van der Waals surface area contributed by atoms with Crippen molar-refractivity contribution in [2.24, 2.45) is 0 Å². The molecular weight excluding hydrogens is 232 g/mol. The van der Waals surface area contributed by atoms with E-state index >= 15 is 0 Å². The zero-order valence-electron chi connectivity index (χ0n) is 8.70. The minimum atomic E-state index is -0.512. The molecule has 2 aromatic rings. The minimum Gasteiger partial charge on any atom is -0.243 e. The Balaban J connectivity index is 2.39. The fraction of sp³-hybridized carbons (Fsp3) is 0.375. The maximum atomic E-state index is 11.8. The maximum Gasteiger partial charge on any atom is 0.373 e. The first-order chi connectivity index (χ1) is 7.61. The van der Waals surface area contributed by atoms with Crippen LogP contribution < -0.4 is 0 Å². The number of rotatable bonds is 1. The van der Waals surface area contributed by atoms with Crippen LogP contribution in [0.3, 0.4) is 0 Å². The van der Waals surface area contributed by atoms with Gasteiger partial charge in [-0.3, -0.25) is 0 Å². The lowest BCUT2D eigenvalue weighted by atomic mass is 10.2. The van der Waals surface area contributed by atoms with E-state index in [0.29, 0.717) is 5.69 Å². The van der Waals surface area contributed by atoms with Crippen molar-refractivity contribution in [2.45, 2.75) is 19.8 Å². The van der Waals surface area contributed by atoms with Crippen molar-refractivity contribution in [1.82, 2.24) is 30.0 Å². The van der Waals surface area contributed by atoms with Gasteiger partial charge in [0.25, 0.3) is 0 Å². The lowest BCUT2D eigenvalue weighted by molar-refractivity contribution is 0.237. The van der Waals surface area contributed by atoms with E-state index in [9.17, 15) is 4.79 Å². The highest BCUT2D eigenvalue weighted by atomic mass is 35.5. The van der Waals surface area contributed by atoms with Gasteiger partial charge in [-0.25, -0.2) is 4.79 Å². The summed E-state index contributed by atoms with van der Waals surface area (Å²) in [6.45, 7) is 3.83. The highest BCUT2D eigenvalue weighted by Gasteiger charge is 2.19. The van der Waals surface area contributed by atoms with E-state index in [-0.39, 0.29) is 11.1 Å². The average molecular weight is 241 g/mol. The molecule has 2 heterocycles. The van der Waals surface area contributed by atoms with Gasteiger partial charge in [0.1, 0.15) is 5.69 Å². The summed E-state index contributed by atoms with van der Waals surface area (Å²) in [6, 6.07) is -0.512. The van der Waals surface area contributed by atoms with Gasteiger partial charge in [-0.15, -0.1) is 14.9 Å². The van der Waals surface area contributed by atoms with Crippen LogP contribution in [0.15, 0.2) is 12.4 Å². The summed E-state index contributed by atoms with van der Waals surface area (Å²) < 4.78 is 2.02. The van der Waals surface area contributed by atoms with Gasteiger partial charge in [0.2, 0.25) is 0 Å². The van der Waals surface area contributed by atoms with E-state index in [1.807, 2.05) is 13.8 Å². The van der Waals surface area contributed by atoms with Crippen LogP contribution in [0.5, 0.6) is 0 Å². The van der Waals surface area contributed by atoms with Crippen LogP contribution in [0.1, 0.15) is 25.5 Å². The molecular formula is C8H9ClN6O. The fourth-order valence-corrected chi connectivity index (χ4v) is 1.53. The Labute approximate surface area is 96.0 Å². The third-order valence-corrected chi connectivity index (χ3v) is 2.34. The van der Waals surface area contributed by atoms with Gasteiger partial charge in [-0.1, -0.05) is 35.9 Å². The summed E-state index contributed by atoms with van der Waals surface area (Å²) in [7, 11) is 0. The molecule has 0 aliphatic carbocycles. The second-order valence-corrected chi connectivity index (χ2v) is 3.82. The van der Waals surface area contributed by atoms with Crippen molar-refractivity contribution in [1.29, 1.82) is 0 Å². The van der Waals surface area contributed by atoms with Crippen molar-refractivity contribution in [3.63, 3.8) is 0 Å². The van der Waals surface area contributed by atoms with E-state index in [1.54, 1.807) is 0 Å². The largest absolute Gasteiger partial charge is 0.373 e. The molecule has 0 bridgehead atoms. The normalized spacial score (nSPS) is 11.0. The molecule has 0 aliphatic rings. The smallest absolute Gasteiger partial charge is 0.243 e. The molecule has 84 valence electrons. The number of halogens is 1. The lowest BCUT2D eigenvalue weighted by Crippen LogP contribution is -2.21. The monoisotopic (exact) mass is 240 g/mol. The van der Waals surface area contributed by atoms with Gasteiger partial charge in [0.05, 0.1) is 12.4 Å². The molecule has 0 aromatic carbocycles. The van der Waals surface area contributed by atoms with Gasteiger partial charge in [0.15, 0.2) is 5.15 Å². The van der Waals surface area contributed by atoms with E-state index in [4.69, 9.17) is 11.6 Å². The summed E-state index contributed by atoms with van der Waals surface area (Å²) in [4.78, 5) is 11.8. The number of carbonyl (C=O) groups excluding carboxylic acids is 1. The number of nitrogens with zero attached hydrogens (tertiary/aromatic N) is 6. The maximum absolute atomic E-state index is 11.8. The fourth-order valence-electron chi connectivity index (χ4n) is 1.17. The zero-order chi connectivity index (χ0) is 11.7. The van der Waals surface area contributed by atoms with Crippen LogP contribution in [0.2, 0.25) is 5.15 Å². The van der Waals surface area contributed by atoms with Crippen molar-refractivity contribution in [2.75, 3.05) is 0 Å². The Bertz CT molecular complexity index is 503. The minimum absolute atomic E-state index is 0.102. The Morgan fingerprint density at radius 3 is 2.69 bits per heavy atom. The first-order valence-corrected chi connectivity index (χ1v) is 5.01. The molecule has 7 nitrogen and oxygen atoms in total. The molecule has 0 aliphatic heterocycles. The molecule has 2 rings (SSSR count). The van der Waals surface area contributed by atoms with Gasteiger partial charge in [-0.05, 0) is 0 Å². The Morgan fingerprint density at radius 2 is 2.19 bits per heavy atom. The molecule has 0 fully saturated rings. The summed E-state index contributed by atoms with van der Waals surface area (Å²) >= 11 is 5.99. The van der Waals surface area contributed by atoms with Gasteiger partial charge in [0, 0.05) is 5.92 Å². The van der Waals surface area contributed by atoms with Gasteiger partial charge < -0.3 is 0 Å². The third kappa shape index (κ3) is 1.69. The molecule has 0 amide bonds.